The molecular weight excluding hydrogens is 375 g/mol. The van der Waals surface area contributed by atoms with Gasteiger partial charge in [-0.15, -0.1) is 0 Å². The van der Waals surface area contributed by atoms with Crippen molar-refractivity contribution in [3.63, 3.8) is 0 Å². The van der Waals surface area contributed by atoms with E-state index >= 15 is 0 Å². The van der Waals surface area contributed by atoms with E-state index in [-0.39, 0.29) is 17.6 Å². The Bertz CT molecular complexity index is 797. The molecule has 6 nitrogen and oxygen atoms in total. The molecule has 1 saturated heterocycles. The van der Waals surface area contributed by atoms with Crippen LogP contribution in [0.3, 0.4) is 0 Å². The molecule has 1 unspecified atom stereocenters. The van der Waals surface area contributed by atoms with Crippen molar-refractivity contribution in [2.45, 2.75) is 12.5 Å². The average Bonchev–Trinajstić information content (AvgIpc) is 3.02. The van der Waals surface area contributed by atoms with E-state index in [1.54, 1.807) is 33.5 Å². The monoisotopic (exact) mass is 404 g/mol. The molecule has 0 saturated carbocycles. The summed E-state index contributed by atoms with van der Waals surface area (Å²) < 4.78 is 36.2. The number of methoxy groups -OCH3 is 4. The maximum Gasteiger partial charge on any atom is 0.203 e. The Morgan fingerprint density at radius 2 is 1.52 bits per heavy atom. The number of nitrogens with one attached hydrogen (secondary N) is 1. The Balaban J connectivity index is 2.13. The van der Waals surface area contributed by atoms with Crippen LogP contribution in [0.5, 0.6) is 23.0 Å². The standard InChI is InChI=1S/C22H29FN2O4/c1-26-18-7-6-15(12-17(18)23)21(25-10-5-8-24-9-11-25)16-13-19(27-2)22(29-4)20(14-16)28-3/h6-7,12-14,21,24H,5,8-11H2,1-4H3. The molecule has 1 fully saturated rings. The first kappa shape index (κ1) is 21.2. The first-order valence-corrected chi connectivity index (χ1v) is 9.71. The minimum atomic E-state index is -0.379. The summed E-state index contributed by atoms with van der Waals surface area (Å²) in [7, 11) is 6.24. The molecular formula is C22H29FN2O4. The fourth-order valence-corrected chi connectivity index (χ4v) is 3.85. The van der Waals surface area contributed by atoms with E-state index in [0.717, 1.165) is 43.7 Å². The van der Waals surface area contributed by atoms with Crippen LogP contribution in [0.4, 0.5) is 4.39 Å². The summed E-state index contributed by atoms with van der Waals surface area (Å²) in [6.45, 7) is 3.58. The van der Waals surface area contributed by atoms with Gasteiger partial charge in [0.15, 0.2) is 23.1 Å². The van der Waals surface area contributed by atoms with Crippen LogP contribution in [0.25, 0.3) is 0 Å². The Kier molecular flexibility index (Phi) is 7.17. The highest BCUT2D eigenvalue weighted by Gasteiger charge is 2.27. The number of rotatable bonds is 7. The van der Waals surface area contributed by atoms with Gasteiger partial charge in [0.2, 0.25) is 5.75 Å². The molecule has 0 bridgehead atoms. The third kappa shape index (κ3) is 4.57. The molecule has 0 amide bonds. The highest BCUT2D eigenvalue weighted by molar-refractivity contribution is 5.55. The number of nitrogens with zero attached hydrogens (tertiary/aromatic N) is 1. The van der Waals surface area contributed by atoms with Gasteiger partial charge in [0.25, 0.3) is 0 Å². The van der Waals surface area contributed by atoms with Crippen LogP contribution < -0.4 is 24.3 Å². The van der Waals surface area contributed by atoms with Gasteiger partial charge < -0.3 is 24.3 Å². The number of benzene rings is 2. The maximum absolute atomic E-state index is 14.6. The first-order chi connectivity index (χ1) is 14.1. The summed E-state index contributed by atoms with van der Waals surface area (Å²) in [6, 6.07) is 8.84. The summed E-state index contributed by atoms with van der Waals surface area (Å²) >= 11 is 0. The van der Waals surface area contributed by atoms with Crippen molar-refractivity contribution >= 4 is 0 Å². The summed E-state index contributed by atoms with van der Waals surface area (Å²) in [5, 5.41) is 3.42. The molecule has 3 rings (SSSR count). The SMILES string of the molecule is COc1ccc(C(c2cc(OC)c(OC)c(OC)c2)N2CCCNCC2)cc1F. The van der Waals surface area contributed by atoms with Crippen LogP contribution in [0.2, 0.25) is 0 Å². The molecule has 7 heteroatoms. The van der Waals surface area contributed by atoms with Crippen LogP contribution in [-0.4, -0.2) is 59.5 Å². The van der Waals surface area contributed by atoms with Gasteiger partial charge in [-0.1, -0.05) is 6.07 Å². The maximum atomic E-state index is 14.6. The lowest BCUT2D eigenvalue weighted by Gasteiger charge is -2.32. The molecule has 0 aliphatic carbocycles. The van der Waals surface area contributed by atoms with E-state index in [2.05, 4.69) is 10.2 Å². The third-order valence-corrected chi connectivity index (χ3v) is 5.23. The van der Waals surface area contributed by atoms with E-state index in [0.29, 0.717) is 17.2 Å². The zero-order valence-electron chi connectivity index (χ0n) is 17.5. The van der Waals surface area contributed by atoms with Crippen molar-refractivity contribution in [3.05, 3.63) is 47.3 Å². The molecule has 2 aromatic carbocycles. The van der Waals surface area contributed by atoms with E-state index in [1.807, 2.05) is 18.2 Å². The molecule has 0 radical (unpaired) electrons. The van der Waals surface area contributed by atoms with Crippen LogP contribution >= 0.6 is 0 Å². The second-order valence-electron chi connectivity index (χ2n) is 6.89. The van der Waals surface area contributed by atoms with Gasteiger partial charge >= 0.3 is 0 Å². The van der Waals surface area contributed by atoms with Gasteiger partial charge in [0.05, 0.1) is 34.5 Å². The highest BCUT2D eigenvalue weighted by atomic mass is 19.1. The van der Waals surface area contributed by atoms with Gasteiger partial charge in [-0.3, -0.25) is 4.90 Å². The van der Waals surface area contributed by atoms with E-state index in [4.69, 9.17) is 18.9 Å². The Morgan fingerprint density at radius 3 is 2.10 bits per heavy atom. The number of hydrogen-bond donors (Lipinski definition) is 1. The predicted molar refractivity (Wildman–Crippen MR) is 110 cm³/mol. The topological polar surface area (TPSA) is 52.2 Å². The van der Waals surface area contributed by atoms with Crippen LogP contribution in [-0.2, 0) is 0 Å². The van der Waals surface area contributed by atoms with Crippen molar-refractivity contribution in [2.75, 3.05) is 54.6 Å². The van der Waals surface area contributed by atoms with Crippen molar-refractivity contribution < 1.29 is 23.3 Å². The third-order valence-electron chi connectivity index (χ3n) is 5.23. The minimum absolute atomic E-state index is 0.163. The van der Waals surface area contributed by atoms with Gasteiger partial charge in [-0.05, 0) is 48.4 Å². The summed E-state index contributed by atoms with van der Waals surface area (Å²) in [5.41, 5.74) is 1.80. The molecule has 1 aliphatic heterocycles. The fourth-order valence-electron chi connectivity index (χ4n) is 3.85. The molecule has 1 atom stereocenters. The molecule has 1 aliphatic rings. The quantitative estimate of drug-likeness (QED) is 0.765. The lowest BCUT2D eigenvalue weighted by atomic mass is 9.95. The summed E-state index contributed by atoms with van der Waals surface area (Å²) in [6.07, 6.45) is 1.01. The number of halogens is 1. The zero-order valence-corrected chi connectivity index (χ0v) is 17.5. The molecule has 2 aromatic rings. The average molecular weight is 404 g/mol. The molecule has 1 heterocycles. The fraction of sp³-hybridized carbons (Fsp3) is 0.455. The Morgan fingerprint density at radius 1 is 0.828 bits per heavy atom. The summed E-state index contributed by atoms with van der Waals surface area (Å²) in [4.78, 5) is 2.35. The van der Waals surface area contributed by atoms with E-state index < -0.39 is 0 Å². The Labute approximate surface area is 171 Å². The lowest BCUT2D eigenvalue weighted by Crippen LogP contribution is -2.33. The molecule has 1 N–H and O–H groups in total. The zero-order chi connectivity index (χ0) is 20.8. The predicted octanol–water partition coefficient (Wildman–Crippen LogP) is 3.24. The van der Waals surface area contributed by atoms with Crippen molar-refractivity contribution in [1.29, 1.82) is 0 Å². The lowest BCUT2D eigenvalue weighted by molar-refractivity contribution is 0.238. The Hall–Kier alpha value is -2.51. The number of ether oxygens (including phenoxy) is 4. The van der Waals surface area contributed by atoms with E-state index in [9.17, 15) is 4.39 Å². The van der Waals surface area contributed by atoms with Crippen molar-refractivity contribution in [3.8, 4) is 23.0 Å². The van der Waals surface area contributed by atoms with Gasteiger partial charge in [0.1, 0.15) is 0 Å². The normalized spacial score (nSPS) is 16.0. The largest absolute Gasteiger partial charge is 0.494 e. The van der Waals surface area contributed by atoms with Gasteiger partial charge in [-0.2, -0.15) is 0 Å². The van der Waals surface area contributed by atoms with E-state index in [1.165, 1.54) is 7.11 Å². The van der Waals surface area contributed by atoms with Gasteiger partial charge in [-0.25, -0.2) is 4.39 Å². The van der Waals surface area contributed by atoms with Crippen molar-refractivity contribution in [1.82, 2.24) is 10.2 Å². The smallest absolute Gasteiger partial charge is 0.203 e. The first-order valence-electron chi connectivity index (χ1n) is 9.71. The van der Waals surface area contributed by atoms with Crippen LogP contribution in [0.15, 0.2) is 30.3 Å². The number of hydrogen-bond acceptors (Lipinski definition) is 6. The van der Waals surface area contributed by atoms with Gasteiger partial charge in [0, 0.05) is 19.6 Å². The van der Waals surface area contributed by atoms with Crippen LogP contribution in [0.1, 0.15) is 23.6 Å². The minimum Gasteiger partial charge on any atom is -0.494 e. The molecule has 158 valence electrons. The second kappa shape index (κ2) is 9.80. The molecule has 0 spiro atoms. The molecule has 29 heavy (non-hydrogen) atoms. The second-order valence-corrected chi connectivity index (χ2v) is 6.89. The molecule has 0 aromatic heterocycles. The summed E-state index contributed by atoms with van der Waals surface area (Å²) in [5.74, 6) is 1.55. The van der Waals surface area contributed by atoms with Crippen molar-refractivity contribution in [2.24, 2.45) is 0 Å². The van der Waals surface area contributed by atoms with Crippen LogP contribution in [0, 0.1) is 5.82 Å². The highest BCUT2D eigenvalue weighted by Crippen LogP contribution is 2.42.